The van der Waals surface area contributed by atoms with Crippen molar-refractivity contribution < 1.29 is 9.90 Å². The molecule has 100 valence electrons. The molecule has 0 radical (unpaired) electrons. The summed E-state index contributed by atoms with van der Waals surface area (Å²) < 4.78 is 0. The predicted octanol–water partition coefficient (Wildman–Crippen LogP) is 3.54. The van der Waals surface area contributed by atoms with Crippen LogP contribution < -0.4 is 5.32 Å². The molecule has 0 spiro atoms. The highest BCUT2D eigenvalue weighted by molar-refractivity contribution is 7.08. The van der Waals surface area contributed by atoms with Crippen LogP contribution in [0.4, 0.5) is 5.69 Å². The second-order valence-corrected chi connectivity index (χ2v) is 5.31. The molecule has 1 aromatic heterocycles. The van der Waals surface area contributed by atoms with E-state index >= 15 is 0 Å². The molecule has 0 aliphatic heterocycles. The number of para-hydroxylation sites is 1. The van der Waals surface area contributed by atoms with Crippen molar-refractivity contribution >= 4 is 22.9 Å². The quantitative estimate of drug-likeness (QED) is 0.896. The van der Waals surface area contributed by atoms with E-state index < -0.39 is 6.10 Å². The van der Waals surface area contributed by atoms with Crippen LogP contribution in [-0.2, 0) is 4.79 Å². The Kier molecular flexibility index (Phi) is 4.35. The standard InChI is InChI=1S/C15H17NO2S/c1-10(12-7-8-19-9-12)15(18)16-14-6-4-3-5-13(14)11(2)17/h3-11,17H,1-2H3,(H,16,18). The fourth-order valence-electron chi connectivity index (χ4n) is 1.89. The number of anilines is 1. The minimum atomic E-state index is -0.604. The number of hydrogen-bond acceptors (Lipinski definition) is 3. The molecule has 0 fully saturated rings. The van der Waals surface area contributed by atoms with Crippen molar-refractivity contribution in [3.8, 4) is 0 Å². The maximum absolute atomic E-state index is 12.2. The first-order valence-electron chi connectivity index (χ1n) is 6.19. The molecular weight excluding hydrogens is 258 g/mol. The van der Waals surface area contributed by atoms with Crippen molar-refractivity contribution in [3.05, 3.63) is 52.2 Å². The molecule has 2 rings (SSSR count). The van der Waals surface area contributed by atoms with Gasteiger partial charge in [0.2, 0.25) is 5.91 Å². The van der Waals surface area contributed by atoms with E-state index in [4.69, 9.17) is 0 Å². The number of carbonyl (C=O) groups is 1. The normalized spacial score (nSPS) is 13.8. The van der Waals surface area contributed by atoms with E-state index in [2.05, 4.69) is 5.32 Å². The summed E-state index contributed by atoms with van der Waals surface area (Å²) in [4.78, 5) is 12.2. The van der Waals surface area contributed by atoms with Gasteiger partial charge in [0.1, 0.15) is 0 Å². The number of hydrogen-bond donors (Lipinski definition) is 2. The van der Waals surface area contributed by atoms with E-state index in [-0.39, 0.29) is 11.8 Å². The number of amides is 1. The largest absolute Gasteiger partial charge is 0.389 e. The van der Waals surface area contributed by atoms with Crippen molar-refractivity contribution in [1.29, 1.82) is 0 Å². The summed E-state index contributed by atoms with van der Waals surface area (Å²) in [6.45, 7) is 3.57. The monoisotopic (exact) mass is 275 g/mol. The first-order valence-corrected chi connectivity index (χ1v) is 7.14. The van der Waals surface area contributed by atoms with Crippen molar-refractivity contribution in [1.82, 2.24) is 0 Å². The highest BCUT2D eigenvalue weighted by Gasteiger charge is 2.17. The molecule has 1 amide bonds. The third kappa shape index (κ3) is 3.22. The molecule has 0 saturated heterocycles. The molecular formula is C15H17NO2S. The van der Waals surface area contributed by atoms with Gasteiger partial charge in [-0.2, -0.15) is 11.3 Å². The van der Waals surface area contributed by atoms with E-state index in [1.165, 1.54) is 0 Å². The van der Waals surface area contributed by atoms with Gasteiger partial charge in [-0.3, -0.25) is 4.79 Å². The van der Waals surface area contributed by atoms with E-state index in [9.17, 15) is 9.90 Å². The molecule has 0 bridgehead atoms. The van der Waals surface area contributed by atoms with E-state index in [1.54, 1.807) is 24.3 Å². The van der Waals surface area contributed by atoms with Gasteiger partial charge in [0, 0.05) is 11.3 Å². The van der Waals surface area contributed by atoms with Crippen LogP contribution in [0, 0.1) is 0 Å². The molecule has 2 unspecified atom stereocenters. The molecule has 2 atom stereocenters. The third-order valence-corrected chi connectivity index (χ3v) is 3.81. The number of carbonyl (C=O) groups excluding carboxylic acids is 1. The Bertz CT molecular complexity index is 549. The summed E-state index contributed by atoms with van der Waals surface area (Å²) in [6.07, 6.45) is -0.604. The number of rotatable bonds is 4. The molecule has 0 aliphatic rings. The molecule has 0 aliphatic carbocycles. The minimum Gasteiger partial charge on any atom is -0.389 e. The first-order chi connectivity index (χ1) is 9.09. The van der Waals surface area contributed by atoms with Gasteiger partial charge < -0.3 is 10.4 Å². The van der Waals surface area contributed by atoms with Gasteiger partial charge >= 0.3 is 0 Å². The van der Waals surface area contributed by atoms with Gasteiger partial charge in [-0.15, -0.1) is 0 Å². The topological polar surface area (TPSA) is 49.3 Å². The third-order valence-electron chi connectivity index (χ3n) is 3.11. The van der Waals surface area contributed by atoms with Crippen molar-refractivity contribution in [2.75, 3.05) is 5.32 Å². The number of thiophene rings is 1. The average Bonchev–Trinajstić information content (AvgIpc) is 2.92. The van der Waals surface area contributed by atoms with Crippen LogP contribution in [-0.4, -0.2) is 11.0 Å². The molecule has 1 aromatic carbocycles. The SMILES string of the molecule is CC(O)c1ccccc1NC(=O)C(C)c1ccsc1. The summed E-state index contributed by atoms with van der Waals surface area (Å²) in [6, 6.07) is 9.27. The molecule has 4 heteroatoms. The van der Waals surface area contributed by atoms with E-state index in [0.717, 1.165) is 11.1 Å². The molecule has 3 nitrogen and oxygen atoms in total. The Morgan fingerprint density at radius 3 is 2.63 bits per heavy atom. The smallest absolute Gasteiger partial charge is 0.231 e. The van der Waals surface area contributed by atoms with Gasteiger partial charge in [-0.1, -0.05) is 18.2 Å². The van der Waals surface area contributed by atoms with Crippen LogP contribution >= 0.6 is 11.3 Å². The fourth-order valence-corrected chi connectivity index (χ4v) is 2.64. The Labute approximate surface area is 116 Å². The number of aliphatic hydroxyl groups is 1. The van der Waals surface area contributed by atoms with Crippen molar-refractivity contribution in [3.63, 3.8) is 0 Å². The van der Waals surface area contributed by atoms with Gasteiger partial charge in [0.05, 0.1) is 12.0 Å². The lowest BCUT2D eigenvalue weighted by molar-refractivity contribution is -0.117. The Morgan fingerprint density at radius 2 is 2.00 bits per heavy atom. The van der Waals surface area contributed by atoms with E-state index in [0.29, 0.717) is 5.69 Å². The molecule has 19 heavy (non-hydrogen) atoms. The Morgan fingerprint density at radius 1 is 1.26 bits per heavy atom. The van der Waals surface area contributed by atoms with Gasteiger partial charge in [-0.25, -0.2) is 0 Å². The number of benzene rings is 1. The van der Waals surface area contributed by atoms with Crippen LogP contribution in [0.2, 0.25) is 0 Å². The van der Waals surface area contributed by atoms with Crippen LogP contribution in [0.1, 0.15) is 37.0 Å². The van der Waals surface area contributed by atoms with Crippen LogP contribution in [0.3, 0.4) is 0 Å². The fraction of sp³-hybridized carbons (Fsp3) is 0.267. The zero-order valence-corrected chi connectivity index (χ0v) is 11.8. The van der Waals surface area contributed by atoms with Crippen LogP contribution in [0.25, 0.3) is 0 Å². The Hall–Kier alpha value is -1.65. The maximum atomic E-state index is 12.2. The summed E-state index contributed by atoms with van der Waals surface area (Å²) >= 11 is 1.58. The van der Waals surface area contributed by atoms with E-state index in [1.807, 2.05) is 41.9 Å². The lowest BCUT2D eigenvalue weighted by Gasteiger charge is -2.15. The number of aliphatic hydroxyl groups excluding tert-OH is 1. The molecule has 2 N–H and O–H groups in total. The molecule has 1 heterocycles. The predicted molar refractivity (Wildman–Crippen MR) is 78.4 cm³/mol. The highest BCUT2D eigenvalue weighted by atomic mass is 32.1. The minimum absolute atomic E-state index is 0.0634. The zero-order valence-electron chi connectivity index (χ0n) is 11.0. The van der Waals surface area contributed by atoms with Crippen LogP contribution in [0.15, 0.2) is 41.1 Å². The summed E-state index contributed by atoms with van der Waals surface area (Å²) in [5.41, 5.74) is 2.41. The summed E-state index contributed by atoms with van der Waals surface area (Å²) in [7, 11) is 0. The van der Waals surface area contributed by atoms with Gasteiger partial charge in [-0.05, 0) is 42.3 Å². The first kappa shape index (κ1) is 13.8. The van der Waals surface area contributed by atoms with Gasteiger partial charge in [0.25, 0.3) is 0 Å². The second-order valence-electron chi connectivity index (χ2n) is 4.53. The van der Waals surface area contributed by atoms with Crippen molar-refractivity contribution in [2.24, 2.45) is 0 Å². The highest BCUT2D eigenvalue weighted by Crippen LogP contribution is 2.25. The van der Waals surface area contributed by atoms with Gasteiger partial charge in [0.15, 0.2) is 0 Å². The zero-order chi connectivity index (χ0) is 13.8. The van der Waals surface area contributed by atoms with Crippen molar-refractivity contribution in [2.45, 2.75) is 25.9 Å². The summed E-state index contributed by atoms with van der Waals surface area (Å²) in [5.74, 6) is -0.264. The number of nitrogens with one attached hydrogen (secondary N) is 1. The van der Waals surface area contributed by atoms with Crippen LogP contribution in [0.5, 0.6) is 0 Å². The lowest BCUT2D eigenvalue weighted by atomic mass is 10.0. The molecule has 0 saturated carbocycles. The Balaban J connectivity index is 2.15. The second kappa shape index (κ2) is 5.99. The summed E-state index contributed by atoms with van der Waals surface area (Å²) in [5, 5.41) is 16.5. The lowest BCUT2D eigenvalue weighted by Crippen LogP contribution is -2.19. The maximum Gasteiger partial charge on any atom is 0.231 e. The average molecular weight is 275 g/mol. The molecule has 2 aromatic rings.